The molecule has 3 aromatic rings. The Morgan fingerprint density at radius 1 is 0.875 bits per heavy atom. The molecule has 0 fully saturated rings. The molecule has 0 aliphatic carbocycles. The lowest BCUT2D eigenvalue weighted by Gasteiger charge is -2.10. The van der Waals surface area contributed by atoms with Crippen molar-refractivity contribution in [1.29, 1.82) is 0 Å². The zero-order valence-electron chi connectivity index (χ0n) is 17.9. The number of benzene rings is 3. The third kappa shape index (κ3) is 6.18. The van der Waals surface area contributed by atoms with Gasteiger partial charge in [0.05, 0.1) is 6.61 Å². The first-order valence-electron chi connectivity index (χ1n) is 10.1. The van der Waals surface area contributed by atoms with Crippen molar-refractivity contribution in [1.82, 2.24) is 5.32 Å². The van der Waals surface area contributed by atoms with E-state index in [1.54, 1.807) is 31.2 Å². The highest BCUT2D eigenvalue weighted by Gasteiger charge is 2.10. The Kier molecular flexibility index (Phi) is 7.59. The van der Waals surface area contributed by atoms with E-state index < -0.39 is 6.16 Å². The van der Waals surface area contributed by atoms with Gasteiger partial charge in [0.25, 0.3) is 11.8 Å². The second kappa shape index (κ2) is 10.8. The van der Waals surface area contributed by atoms with E-state index in [0.717, 1.165) is 11.1 Å². The smallest absolute Gasteiger partial charge is 0.434 e. The summed E-state index contributed by atoms with van der Waals surface area (Å²) in [5, 5.41) is 5.72. The molecule has 3 rings (SSSR count). The third-order valence-electron chi connectivity index (χ3n) is 4.61. The molecule has 2 amide bonds. The van der Waals surface area contributed by atoms with Crippen LogP contribution in [0.25, 0.3) is 0 Å². The van der Waals surface area contributed by atoms with Crippen molar-refractivity contribution in [3.8, 4) is 5.75 Å². The number of nitrogens with one attached hydrogen (secondary N) is 2. The van der Waals surface area contributed by atoms with Gasteiger partial charge in [-0.2, -0.15) is 0 Å². The first-order chi connectivity index (χ1) is 15.5. The van der Waals surface area contributed by atoms with Crippen molar-refractivity contribution in [2.45, 2.75) is 20.4 Å². The lowest BCUT2D eigenvalue weighted by atomic mass is 10.1. The zero-order valence-corrected chi connectivity index (χ0v) is 17.9. The number of carbonyl (C=O) groups is 3. The molecule has 0 bridgehead atoms. The van der Waals surface area contributed by atoms with Gasteiger partial charge in [0.15, 0.2) is 0 Å². The Labute approximate surface area is 186 Å². The van der Waals surface area contributed by atoms with Gasteiger partial charge in [-0.3, -0.25) is 9.59 Å². The summed E-state index contributed by atoms with van der Waals surface area (Å²) in [7, 11) is 0. The van der Waals surface area contributed by atoms with E-state index in [0.29, 0.717) is 16.8 Å². The van der Waals surface area contributed by atoms with Crippen molar-refractivity contribution in [2.75, 3.05) is 11.9 Å². The first kappa shape index (κ1) is 22.6. The minimum absolute atomic E-state index is 0.186. The average molecular weight is 432 g/mol. The Balaban J connectivity index is 1.56. The maximum absolute atomic E-state index is 12.5. The average Bonchev–Trinajstić information content (AvgIpc) is 2.78. The summed E-state index contributed by atoms with van der Waals surface area (Å²) in [6.45, 7) is 4.07. The minimum Gasteiger partial charge on any atom is -0.434 e. The second-order valence-electron chi connectivity index (χ2n) is 6.96. The Bertz CT molecular complexity index is 1110. The number of amides is 2. The van der Waals surface area contributed by atoms with Crippen LogP contribution in [0.5, 0.6) is 5.75 Å². The monoisotopic (exact) mass is 432 g/mol. The number of ether oxygens (including phenoxy) is 2. The van der Waals surface area contributed by atoms with E-state index in [9.17, 15) is 14.4 Å². The van der Waals surface area contributed by atoms with Crippen LogP contribution >= 0.6 is 0 Å². The Morgan fingerprint density at radius 3 is 2.34 bits per heavy atom. The van der Waals surface area contributed by atoms with E-state index >= 15 is 0 Å². The first-order valence-corrected chi connectivity index (χ1v) is 10.1. The van der Waals surface area contributed by atoms with Crippen LogP contribution in [-0.2, 0) is 11.3 Å². The molecule has 0 aliphatic rings. The Hall–Kier alpha value is -4.13. The van der Waals surface area contributed by atoms with Crippen molar-refractivity contribution in [3.05, 3.63) is 95.1 Å². The van der Waals surface area contributed by atoms with Gasteiger partial charge in [0, 0.05) is 23.4 Å². The number of hydrogen-bond donors (Lipinski definition) is 2. The van der Waals surface area contributed by atoms with Gasteiger partial charge >= 0.3 is 6.16 Å². The molecule has 0 saturated heterocycles. The lowest BCUT2D eigenvalue weighted by molar-refractivity contribution is 0.0950. The SMILES string of the molecule is CCOC(=O)Oc1ccc(C(=O)NCc2cccc(NC(=O)c3ccccc3C)c2)cc1. The van der Waals surface area contributed by atoms with Crippen molar-refractivity contribution < 1.29 is 23.9 Å². The molecule has 7 heteroatoms. The molecule has 0 atom stereocenters. The van der Waals surface area contributed by atoms with Crippen LogP contribution in [0, 0.1) is 6.92 Å². The van der Waals surface area contributed by atoms with Gasteiger partial charge in [-0.05, 0) is 67.4 Å². The fourth-order valence-corrected chi connectivity index (χ4v) is 2.99. The predicted molar refractivity (Wildman–Crippen MR) is 121 cm³/mol. The van der Waals surface area contributed by atoms with Crippen LogP contribution in [0.4, 0.5) is 10.5 Å². The molecule has 164 valence electrons. The van der Waals surface area contributed by atoms with Crippen LogP contribution in [-0.4, -0.2) is 24.6 Å². The molecule has 0 unspecified atom stereocenters. The number of hydrogen-bond acceptors (Lipinski definition) is 5. The molecule has 0 aromatic heterocycles. The van der Waals surface area contributed by atoms with Crippen LogP contribution in [0.2, 0.25) is 0 Å². The molecule has 0 spiro atoms. The summed E-state index contributed by atoms with van der Waals surface area (Å²) in [6, 6.07) is 20.8. The second-order valence-corrected chi connectivity index (χ2v) is 6.96. The summed E-state index contributed by atoms with van der Waals surface area (Å²) < 4.78 is 9.68. The molecule has 0 aliphatic heterocycles. The van der Waals surface area contributed by atoms with E-state index in [2.05, 4.69) is 10.6 Å². The molecule has 32 heavy (non-hydrogen) atoms. The number of anilines is 1. The molecule has 2 N–H and O–H groups in total. The highest BCUT2D eigenvalue weighted by atomic mass is 16.7. The zero-order chi connectivity index (χ0) is 22.9. The van der Waals surface area contributed by atoms with Gasteiger partial charge in [0.2, 0.25) is 0 Å². The van der Waals surface area contributed by atoms with E-state index in [1.165, 1.54) is 12.1 Å². The Morgan fingerprint density at radius 2 is 1.62 bits per heavy atom. The van der Waals surface area contributed by atoms with Crippen molar-refractivity contribution in [2.24, 2.45) is 0 Å². The molecule has 0 radical (unpaired) electrons. The molecular formula is C25H24N2O5. The highest BCUT2D eigenvalue weighted by Crippen LogP contribution is 2.16. The highest BCUT2D eigenvalue weighted by molar-refractivity contribution is 6.05. The summed E-state index contributed by atoms with van der Waals surface area (Å²) in [5.74, 6) is -0.173. The van der Waals surface area contributed by atoms with Gasteiger partial charge in [-0.25, -0.2) is 4.79 Å². The van der Waals surface area contributed by atoms with Crippen LogP contribution in [0.15, 0.2) is 72.8 Å². The van der Waals surface area contributed by atoms with Crippen molar-refractivity contribution >= 4 is 23.7 Å². The summed E-state index contributed by atoms with van der Waals surface area (Å²) in [5.41, 5.74) is 3.41. The quantitative estimate of drug-likeness (QED) is 0.416. The predicted octanol–water partition coefficient (Wildman–Crippen LogP) is 4.71. The fraction of sp³-hybridized carbons (Fsp3) is 0.160. The third-order valence-corrected chi connectivity index (χ3v) is 4.61. The summed E-state index contributed by atoms with van der Waals surface area (Å²) >= 11 is 0. The lowest BCUT2D eigenvalue weighted by Crippen LogP contribution is -2.23. The van der Waals surface area contributed by atoms with E-state index in [-0.39, 0.29) is 30.7 Å². The van der Waals surface area contributed by atoms with Crippen LogP contribution in [0.3, 0.4) is 0 Å². The maximum atomic E-state index is 12.5. The number of rotatable bonds is 7. The van der Waals surface area contributed by atoms with Crippen LogP contribution < -0.4 is 15.4 Å². The van der Waals surface area contributed by atoms with Gasteiger partial charge < -0.3 is 20.1 Å². The van der Waals surface area contributed by atoms with Gasteiger partial charge in [0.1, 0.15) is 5.75 Å². The normalized spacial score (nSPS) is 10.2. The largest absolute Gasteiger partial charge is 0.513 e. The fourth-order valence-electron chi connectivity index (χ4n) is 2.99. The van der Waals surface area contributed by atoms with E-state index in [4.69, 9.17) is 9.47 Å². The maximum Gasteiger partial charge on any atom is 0.513 e. The van der Waals surface area contributed by atoms with Gasteiger partial charge in [-0.1, -0.05) is 30.3 Å². The molecular weight excluding hydrogens is 408 g/mol. The topological polar surface area (TPSA) is 93.7 Å². The molecule has 7 nitrogen and oxygen atoms in total. The molecule has 0 heterocycles. The standard InChI is InChI=1S/C25H24N2O5/c1-3-31-25(30)32-21-13-11-19(12-14-21)23(28)26-16-18-8-6-9-20(15-18)27-24(29)22-10-5-4-7-17(22)2/h4-15H,3,16H2,1-2H3,(H,26,28)(H,27,29). The van der Waals surface area contributed by atoms with Crippen LogP contribution in [0.1, 0.15) is 38.8 Å². The van der Waals surface area contributed by atoms with Gasteiger partial charge in [-0.15, -0.1) is 0 Å². The minimum atomic E-state index is -0.793. The van der Waals surface area contributed by atoms with E-state index in [1.807, 2.05) is 43.3 Å². The van der Waals surface area contributed by atoms with Crippen molar-refractivity contribution in [3.63, 3.8) is 0 Å². The number of carbonyl (C=O) groups excluding carboxylic acids is 3. The summed E-state index contributed by atoms with van der Waals surface area (Å²) in [4.78, 5) is 36.3. The summed E-state index contributed by atoms with van der Waals surface area (Å²) in [6.07, 6.45) is -0.793. The molecule has 3 aromatic carbocycles. The molecule has 0 saturated carbocycles. The number of aryl methyl sites for hydroxylation is 1.